The maximum atomic E-state index is 15.2. The Morgan fingerprint density at radius 1 is 0.952 bits per heavy atom. The monoisotopic (exact) mass is 869 g/mol. The quantitative estimate of drug-likeness (QED) is 0.162. The van der Waals surface area contributed by atoms with Crippen LogP contribution in [-0.4, -0.2) is 105 Å². The second-order valence-corrected chi connectivity index (χ2v) is 18.0. The minimum atomic E-state index is -3.13. The molecule has 2 aromatic carbocycles. The van der Waals surface area contributed by atoms with Crippen molar-refractivity contribution in [3.8, 4) is 5.75 Å². The molecule has 2 amide bonds. The molecule has 5 aromatic rings. The number of hydrogen-bond acceptors (Lipinski definition) is 12. The van der Waals surface area contributed by atoms with E-state index in [2.05, 4.69) is 41.7 Å². The first-order valence-electron chi connectivity index (χ1n) is 21.7. The van der Waals surface area contributed by atoms with Gasteiger partial charge in [0.15, 0.2) is 12.4 Å². The van der Waals surface area contributed by atoms with E-state index < -0.39 is 30.0 Å². The van der Waals surface area contributed by atoms with Crippen LogP contribution in [0.3, 0.4) is 0 Å². The molecule has 326 valence electrons. The van der Waals surface area contributed by atoms with Crippen LogP contribution in [0.2, 0.25) is 5.02 Å². The van der Waals surface area contributed by atoms with Crippen LogP contribution in [0.1, 0.15) is 56.6 Å². The molecule has 3 atom stereocenters. The van der Waals surface area contributed by atoms with Crippen LogP contribution < -0.4 is 36.0 Å². The van der Waals surface area contributed by atoms with Crippen molar-refractivity contribution in [1.29, 1.82) is 0 Å². The highest BCUT2D eigenvalue weighted by Gasteiger charge is 2.51. The topological polar surface area (TPSA) is 155 Å². The molecule has 10 rings (SSSR count). The summed E-state index contributed by atoms with van der Waals surface area (Å²) in [6.07, 6.45) is 6.88. The van der Waals surface area contributed by atoms with E-state index in [4.69, 9.17) is 26.4 Å². The molecule has 3 N–H and O–H groups in total. The minimum absolute atomic E-state index is 0.105. The van der Waals surface area contributed by atoms with Gasteiger partial charge in [0.05, 0.1) is 46.3 Å². The highest BCUT2D eigenvalue weighted by Crippen LogP contribution is 2.46. The number of carbonyl (C=O) groups excluding carboxylic acids is 2. The number of alkyl halides is 2. The maximum absolute atomic E-state index is 15.2. The van der Waals surface area contributed by atoms with Crippen LogP contribution in [0.4, 0.5) is 37.6 Å². The number of halogens is 3. The average molecular weight is 870 g/mol. The van der Waals surface area contributed by atoms with E-state index in [1.54, 1.807) is 19.3 Å². The Balaban J connectivity index is 0.789. The van der Waals surface area contributed by atoms with Gasteiger partial charge in [-0.15, -0.1) is 0 Å². The first-order valence-corrected chi connectivity index (χ1v) is 22.0. The van der Waals surface area contributed by atoms with Crippen molar-refractivity contribution < 1.29 is 23.1 Å². The Labute approximate surface area is 361 Å². The zero-order valence-corrected chi connectivity index (χ0v) is 35.6. The summed E-state index contributed by atoms with van der Waals surface area (Å²) in [6, 6.07) is 10.5. The smallest absolute Gasteiger partial charge is 0.301 e. The number of aryl methyl sites for hydroxylation is 2. The number of para-hydroxylation sites is 1. The molecular weight excluding hydrogens is 820 g/mol. The van der Waals surface area contributed by atoms with Gasteiger partial charge in [-0.05, 0) is 74.6 Å². The number of nitrogens with zero attached hydrogens (tertiary/aromatic N) is 8. The molecule has 18 heteroatoms. The number of hydrogen-bond donors (Lipinski definition) is 3. The molecule has 62 heavy (non-hydrogen) atoms. The highest BCUT2D eigenvalue weighted by molar-refractivity contribution is 6.33. The number of amides is 2. The number of ether oxygens (including phenoxy) is 1. The lowest BCUT2D eigenvalue weighted by atomic mass is 9.92. The van der Waals surface area contributed by atoms with Gasteiger partial charge in [-0.3, -0.25) is 29.3 Å². The molecule has 1 saturated carbocycles. The molecule has 4 aliphatic heterocycles. The van der Waals surface area contributed by atoms with Gasteiger partial charge in [0.25, 0.3) is 5.56 Å². The van der Waals surface area contributed by atoms with Crippen molar-refractivity contribution in [2.45, 2.75) is 62.8 Å². The van der Waals surface area contributed by atoms with Gasteiger partial charge in [-0.1, -0.05) is 23.7 Å². The molecule has 3 aromatic heterocycles. The number of aromatic nitrogens is 5. The van der Waals surface area contributed by atoms with Gasteiger partial charge in [0.2, 0.25) is 23.5 Å². The van der Waals surface area contributed by atoms with Crippen molar-refractivity contribution in [2.75, 3.05) is 72.9 Å². The van der Waals surface area contributed by atoms with E-state index in [1.165, 1.54) is 4.57 Å². The number of piperazine rings is 1. The van der Waals surface area contributed by atoms with Gasteiger partial charge in [0, 0.05) is 82.8 Å². The lowest BCUT2D eigenvalue weighted by Crippen LogP contribution is -2.48. The Bertz CT molecular complexity index is 2640. The van der Waals surface area contributed by atoms with E-state index in [1.807, 2.05) is 36.0 Å². The van der Waals surface area contributed by atoms with Gasteiger partial charge in [-0.2, -0.15) is 10.1 Å². The minimum Gasteiger partial charge on any atom is -0.480 e. The predicted octanol–water partition coefficient (Wildman–Crippen LogP) is 5.78. The molecule has 0 bridgehead atoms. The normalized spacial score (nSPS) is 23.3. The Morgan fingerprint density at radius 3 is 2.56 bits per heavy atom. The van der Waals surface area contributed by atoms with E-state index in [-0.39, 0.29) is 29.2 Å². The van der Waals surface area contributed by atoms with Crippen LogP contribution >= 0.6 is 11.6 Å². The summed E-state index contributed by atoms with van der Waals surface area (Å²) in [7, 11) is 3.53. The SMILES string of the molecule is Cn1nc(C2CCC(=O)NC2=O)c2cccc(N3CCN(C[C@H]4CCCN(c5ncc(Cl)c(Nc6ccc7c(c6)c6c(c(=O)n7C)OCC(F)(F)[C@H](C7CC7)N6)n5)CC4)CC3)c21. The second kappa shape index (κ2) is 16.0. The fourth-order valence-corrected chi connectivity index (χ4v) is 10.1. The molecule has 3 saturated heterocycles. The number of anilines is 5. The molecule has 0 spiro atoms. The summed E-state index contributed by atoms with van der Waals surface area (Å²) >= 11 is 6.67. The molecule has 5 aliphatic rings. The summed E-state index contributed by atoms with van der Waals surface area (Å²) in [5, 5.41) is 15.5. The molecule has 0 radical (unpaired) electrons. The number of piperidine rings is 1. The van der Waals surface area contributed by atoms with Crippen LogP contribution in [0, 0.1) is 11.8 Å². The van der Waals surface area contributed by atoms with E-state index in [0.29, 0.717) is 65.0 Å². The first-order chi connectivity index (χ1) is 29.9. The molecular formula is C44H50ClF2N11O4. The Morgan fingerprint density at radius 2 is 1.77 bits per heavy atom. The standard InChI is InChI=1S/C44H50ClF2N11O4/c1-54-32-12-10-27(21-30(32)36-38(42(54)61)62-24-44(46,47)39(51-36)26-8-9-26)49-40-31(45)22-48-43(52-40)58-15-4-5-25(14-16-58)23-56-17-19-57(20-18-56)33-7-3-6-28-35(53-55(2)37(28)33)29-11-13-34(59)50-41(29)60/h3,6-7,10,12,21-22,25-26,29,39,51H,4-5,8-9,11,13-20,23-24H2,1-2H3,(H,48,49,52)(H,50,59,60)/t25-,29?,39-/m0/s1. The van der Waals surface area contributed by atoms with Crippen molar-refractivity contribution in [2.24, 2.45) is 25.9 Å². The summed E-state index contributed by atoms with van der Waals surface area (Å²) in [6.45, 7) is 5.41. The zero-order valence-electron chi connectivity index (χ0n) is 34.8. The van der Waals surface area contributed by atoms with Gasteiger partial charge >= 0.3 is 5.92 Å². The molecule has 1 unspecified atom stereocenters. The Hall–Kier alpha value is -5.55. The highest BCUT2D eigenvalue weighted by atomic mass is 35.5. The lowest BCUT2D eigenvalue weighted by Gasteiger charge is -2.37. The van der Waals surface area contributed by atoms with Crippen LogP contribution in [0.5, 0.6) is 5.75 Å². The molecule has 4 fully saturated rings. The van der Waals surface area contributed by atoms with Crippen LogP contribution in [0.25, 0.3) is 21.8 Å². The third-order valence-electron chi connectivity index (χ3n) is 13.4. The van der Waals surface area contributed by atoms with Crippen molar-refractivity contribution in [3.05, 3.63) is 63.7 Å². The zero-order chi connectivity index (χ0) is 42.9. The molecule has 1 aliphatic carbocycles. The number of pyridine rings is 1. The van der Waals surface area contributed by atoms with Crippen molar-refractivity contribution in [3.63, 3.8) is 0 Å². The molecule has 15 nitrogen and oxygen atoms in total. The summed E-state index contributed by atoms with van der Waals surface area (Å²) in [5.41, 5.74) is 3.86. The van der Waals surface area contributed by atoms with Crippen LogP contribution in [-0.2, 0) is 23.7 Å². The third-order valence-corrected chi connectivity index (χ3v) is 13.7. The predicted molar refractivity (Wildman–Crippen MR) is 234 cm³/mol. The number of carbonyl (C=O) groups is 2. The lowest BCUT2D eigenvalue weighted by molar-refractivity contribution is -0.134. The fraction of sp³-hybridized carbons (Fsp3) is 0.500. The molecule has 7 heterocycles. The number of rotatable bonds is 8. The number of fused-ring (bicyclic) bond motifs is 4. The largest absolute Gasteiger partial charge is 0.480 e. The average Bonchev–Trinajstić information content (AvgIpc) is 4.09. The summed E-state index contributed by atoms with van der Waals surface area (Å²) in [5.74, 6) is -2.84. The number of nitrogens with one attached hydrogen (secondary N) is 3. The Kier molecular flexibility index (Phi) is 10.4. The summed E-state index contributed by atoms with van der Waals surface area (Å²) < 4.78 is 39.2. The van der Waals surface area contributed by atoms with Crippen molar-refractivity contribution in [1.82, 2.24) is 34.5 Å². The number of imide groups is 1. The third kappa shape index (κ3) is 7.56. The van der Waals surface area contributed by atoms with Crippen LogP contribution in [0.15, 0.2) is 47.4 Å². The second-order valence-electron chi connectivity index (χ2n) is 17.6. The maximum Gasteiger partial charge on any atom is 0.301 e. The van der Waals surface area contributed by atoms with E-state index in [0.717, 1.165) is 87.4 Å². The first kappa shape index (κ1) is 40.5. The van der Waals surface area contributed by atoms with Gasteiger partial charge < -0.3 is 29.7 Å². The summed E-state index contributed by atoms with van der Waals surface area (Å²) in [4.78, 5) is 54.5. The van der Waals surface area contributed by atoms with Gasteiger partial charge in [0.1, 0.15) is 5.02 Å². The van der Waals surface area contributed by atoms with Gasteiger partial charge in [-0.25, -0.2) is 13.8 Å². The number of benzene rings is 2. The van der Waals surface area contributed by atoms with E-state index >= 15 is 8.78 Å². The van der Waals surface area contributed by atoms with E-state index in [9.17, 15) is 14.4 Å². The van der Waals surface area contributed by atoms with Crippen molar-refractivity contribution >= 4 is 74.0 Å². The fourth-order valence-electron chi connectivity index (χ4n) is 9.92.